The number of aliphatic hydroxyl groups is 1. The van der Waals surface area contributed by atoms with Crippen LogP contribution in [-0.4, -0.2) is 26.9 Å². The lowest BCUT2D eigenvalue weighted by molar-refractivity contribution is 0.0911. The summed E-state index contributed by atoms with van der Waals surface area (Å²) in [6, 6.07) is 16.4. The molecule has 0 aliphatic rings. The van der Waals surface area contributed by atoms with Crippen molar-refractivity contribution in [1.82, 2.24) is 14.7 Å². The first-order valence-corrected chi connectivity index (χ1v) is 9.88. The molecule has 4 rings (SSSR count). The van der Waals surface area contributed by atoms with Crippen molar-refractivity contribution in [3.63, 3.8) is 0 Å². The van der Waals surface area contributed by atoms with Gasteiger partial charge in [-0.3, -0.25) is 4.79 Å². The van der Waals surface area contributed by atoms with Gasteiger partial charge in [-0.1, -0.05) is 30.3 Å². The molecule has 0 aliphatic carbocycles. The number of halogens is 1. The van der Waals surface area contributed by atoms with Gasteiger partial charge in [0.15, 0.2) is 0 Å². The van der Waals surface area contributed by atoms with Crippen molar-refractivity contribution in [1.29, 1.82) is 0 Å². The number of aromatic nitrogens is 2. The number of nitrogens with one attached hydrogen (secondary N) is 1. The molecular formula is C24H22FN3O3. The van der Waals surface area contributed by atoms with E-state index in [1.165, 1.54) is 24.3 Å². The first-order chi connectivity index (χ1) is 15.0. The highest BCUT2D eigenvalue weighted by Crippen LogP contribution is 2.20. The highest BCUT2D eigenvalue weighted by Gasteiger charge is 2.15. The summed E-state index contributed by atoms with van der Waals surface area (Å²) in [4.78, 5) is 17.2. The van der Waals surface area contributed by atoms with E-state index in [0.717, 1.165) is 16.9 Å². The predicted octanol–water partition coefficient (Wildman–Crippen LogP) is 3.82. The van der Waals surface area contributed by atoms with Crippen LogP contribution in [0.3, 0.4) is 0 Å². The minimum atomic E-state index is -0.946. The lowest BCUT2D eigenvalue weighted by Crippen LogP contribution is -2.28. The standard InChI is InChI=1S/C24H22FN3O3/c1-16-5-4-12-28-14-19(27-23(16)28)15-31-22-7-3-2-6-20(22)24(30)26-13-21(29)17-8-10-18(25)11-9-17/h2-12,14,21,29H,13,15H2,1H3,(H,26,30). The van der Waals surface area contributed by atoms with E-state index in [9.17, 15) is 14.3 Å². The molecule has 4 aromatic rings. The number of amides is 1. The molecule has 0 spiro atoms. The van der Waals surface area contributed by atoms with Crippen LogP contribution in [-0.2, 0) is 6.61 Å². The van der Waals surface area contributed by atoms with Crippen LogP contribution in [0.25, 0.3) is 5.65 Å². The van der Waals surface area contributed by atoms with Crippen LogP contribution < -0.4 is 10.1 Å². The monoisotopic (exact) mass is 419 g/mol. The molecular weight excluding hydrogens is 397 g/mol. The van der Waals surface area contributed by atoms with Gasteiger partial charge in [0.1, 0.15) is 23.8 Å². The van der Waals surface area contributed by atoms with E-state index in [1.807, 2.05) is 35.9 Å². The van der Waals surface area contributed by atoms with E-state index in [-0.39, 0.29) is 24.9 Å². The quantitative estimate of drug-likeness (QED) is 0.478. The van der Waals surface area contributed by atoms with Gasteiger partial charge in [-0.25, -0.2) is 9.37 Å². The second-order valence-corrected chi connectivity index (χ2v) is 7.22. The largest absolute Gasteiger partial charge is 0.486 e. The molecule has 2 heterocycles. The number of para-hydroxylation sites is 1. The third-order valence-corrected chi connectivity index (χ3v) is 4.95. The van der Waals surface area contributed by atoms with Crippen molar-refractivity contribution in [2.45, 2.75) is 19.6 Å². The molecule has 2 aromatic heterocycles. The van der Waals surface area contributed by atoms with Crippen LogP contribution in [0.5, 0.6) is 5.75 Å². The lowest BCUT2D eigenvalue weighted by Gasteiger charge is -2.14. The first-order valence-electron chi connectivity index (χ1n) is 9.88. The number of benzene rings is 2. The number of aryl methyl sites for hydroxylation is 1. The molecule has 0 aliphatic heterocycles. The third-order valence-electron chi connectivity index (χ3n) is 4.95. The maximum absolute atomic E-state index is 13.0. The van der Waals surface area contributed by atoms with Gasteiger partial charge in [-0.2, -0.15) is 0 Å². The number of aliphatic hydroxyl groups excluding tert-OH is 1. The Morgan fingerprint density at radius 3 is 2.71 bits per heavy atom. The van der Waals surface area contributed by atoms with Crippen molar-refractivity contribution in [2.24, 2.45) is 0 Å². The topological polar surface area (TPSA) is 75.9 Å². The maximum atomic E-state index is 13.0. The van der Waals surface area contributed by atoms with E-state index in [1.54, 1.807) is 24.3 Å². The Morgan fingerprint density at radius 2 is 1.94 bits per heavy atom. The maximum Gasteiger partial charge on any atom is 0.255 e. The van der Waals surface area contributed by atoms with Crippen LogP contribution in [0.1, 0.15) is 33.3 Å². The first kappa shape index (κ1) is 20.6. The lowest BCUT2D eigenvalue weighted by atomic mass is 10.1. The van der Waals surface area contributed by atoms with E-state index >= 15 is 0 Å². The Morgan fingerprint density at radius 1 is 1.16 bits per heavy atom. The van der Waals surface area contributed by atoms with Crippen LogP contribution in [0.15, 0.2) is 73.1 Å². The highest BCUT2D eigenvalue weighted by molar-refractivity contribution is 5.96. The fraction of sp³-hybridized carbons (Fsp3) is 0.167. The van der Waals surface area contributed by atoms with Gasteiger partial charge in [0.05, 0.1) is 17.4 Å². The van der Waals surface area contributed by atoms with E-state index < -0.39 is 6.10 Å². The minimum absolute atomic E-state index is 0.00941. The van der Waals surface area contributed by atoms with E-state index in [0.29, 0.717) is 16.9 Å². The van der Waals surface area contributed by atoms with Crippen LogP contribution >= 0.6 is 0 Å². The molecule has 2 N–H and O–H groups in total. The molecule has 0 radical (unpaired) electrons. The second-order valence-electron chi connectivity index (χ2n) is 7.22. The Bertz CT molecular complexity index is 1200. The fourth-order valence-corrected chi connectivity index (χ4v) is 3.29. The minimum Gasteiger partial charge on any atom is -0.486 e. The molecule has 1 unspecified atom stereocenters. The smallest absolute Gasteiger partial charge is 0.255 e. The summed E-state index contributed by atoms with van der Waals surface area (Å²) in [6.45, 7) is 2.20. The van der Waals surface area contributed by atoms with Crippen molar-refractivity contribution < 1.29 is 19.0 Å². The van der Waals surface area contributed by atoms with Crippen molar-refractivity contribution >= 4 is 11.6 Å². The van der Waals surface area contributed by atoms with Gasteiger partial charge < -0.3 is 19.6 Å². The average Bonchev–Trinajstić information content (AvgIpc) is 3.21. The molecule has 1 amide bonds. The molecule has 6 nitrogen and oxygen atoms in total. The SMILES string of the molecule is Cc1cccn2cc(COc3ccccc3C(=O)NCC(O)c3ccc(F)cc3)nc12. The number of carbonyl (C=O) groups is 1. The molecule has 158 valence electrons. The molecule has 7 heteroatoms. The summed E-state index contributed by atoms with van der Waals surface area (Å²) in [5.41, 5.74) is 3.55. The van der Waals surface area contributed by atoms with Gasteiger partial charge in [-0.05, 0) is 48.4 Å². The number of imidazole rings is 1. The number of hydrogen-bond acceptors (Lipinski definition) is 4. The fourth-order valence-electron chi connectivity index (χ4n) is 3.29. The number of rotatable bonds is 7. The number of pyridine rings is 1. The van der Waals surface area contributed by atoms with Gasteiger partial charge in [0, 0.05) is 18.9 Å². The zero-order chi connectivity index (χ0) is 21.8. The zero-order valence-corrected chi connectivity index (χ0v) is 17.0. The number of carbonyl (C=O) groups excluding carboxylic acids is 1. The normalized spacial score (nSPS) is 12.0. The number of hydrogen-bond donors (Lipinski definition) is 2. The van der Waals surface area contributed by atoms with Crippen molar-refractivity contribution in [3.8, 4) is 5.75 Å². The Balaban J connectivity index is 1.41. The summed E-state index contributed by atoms with van der Waals surface area (Å²) >= 11 is 0. The summed E-state index contributed by atoms with van der Waals surface area (Å²) in [7, 11) is 0. The average molecular weight is 419 g/mol. The number of ether oxygens (including phenoxy) is 1. The Labute approximate surface area is 178 Å². The summed E-state index contributed by atoms with van der Waals surface area (Å²) in [5.74, 6) is -0.334. The Hall–Kier alpha value is -3.71. The second kappa shape index (κ2) is 8.97. The van der Waals surface area contributed by atoms with E-state index in [2.05, 4.69) is 10.3 Å². The molecule has 0 fully saturated rings. The van der Waals surface area contributed by atoms with Crippen LogP contribution in [0.2, 0.25) is 0 Å². The van der Waals surface area contributed by atoms with E-state index in [4.69, 9.17) is 4.74 Å². The van der Waals surface area contributed by atoms with Gasteiger partial charge >= 0.3 is 0 Å². The summed E-state index contributed by atoms with van der Waals surface area (Å²) < 4.78 is 20.8. The van der Waals surface area contributed by atoms with Crippen molar-refractivity contribution in [3.05, 3.63) is 101 Å². The third kappa shape index (κ3) is 4.73. The predicted molar refractivity (Wildman–Crippen MR) is 114 cm³/mol. The van der Waals surface area contributed by atoms with Gasteiger partial charge in [0.25, 0.3) is 5.91 Å². The molecule has 1 atom stereocenters. The molecule has 0 bridgehead atoms. The molecule has 2 aromatic carbocycles. The van der Waals surface area contributed by atoms with Crippen molar-refractivity contribution in [2.75, 3.05) is 6.54 Å². The number of fused-ring (bicyclic) bond motifs is 1. The highest BCUT2D eigenvalue weighted by atomic mass is 19.1. The molecule has 0 saturated carbocycles. The summed E-state index contributed by atoms with van der Waals surface area (Å²) in [5, 5.41) is 12.9. The van der Waals surface area contributed by atoms with Crippen LogP contribution in [0, 0.1) is 12.7 Å². The molecule has 0 saturated heterocycles. The van der Waals surface area contributed by atoms with Crippen LogP contribution in [0.4, 0.5) is 4.39 Å². The number of nitrogens with zero attached hydrogens (tertiary/aromatic N) is 2. The molecule has 31 heavy (non-hydrogen) atoms. The summed E-state index contributed by atoms with van der Waals surface area (Å²) in [6.07, 6.45) is 2.87. The van der Waals surface area contributed by atoms with Gasteiger partial charge in [-0.15, -0.1) is 0 Å². The zero-order valence-electron chi connectivity index (χ0n) is 17.0. The van der Waals surface area contributed by atoms with Gasteiger partial charge in [0.2, 0.25) is 0 Å². The Kier molecular flexibility index (Phi) is 5.95.